The number of carbonyl (C=O) groups excluding carboxylic acids is 1. The molecule has 98 valence electrons. The van der Waals surface area contributed by atoms with Crippen LogP contribution in [0.15, 0.2) is 30.3 Å². The highest BCUT2D eigenvalue weighted by Crippen LogP contribution is 2.14. The molecule has 0 saturated heterocycles. The minimum atomic E-state index is -0.859. The van der Waals surface area contributed by atoms with Crippen molar-refractivity contribution in [1.29, 1.82) is 0 Å². The van der Waals surface area contributed by atoms with Gasteiger partial charge in [0.25, 0.3) is 5.91 Å². The molecule has 0 aliphatic carbocycles. The Kier molecular flexibility index (Phi) is 5.87. The SMILES string of the molecule is COCC(=O)N(CCCC(=O)O)c1ccccc1. The van der Waals surface area contributed by atoms with E-state index in [1.165, 1.54) is 7.11 Å². The van der Waals surface area contributed by atoms with E-state index in [1.807, 2.05) is 30.3 Å². The molecule has 1 amide bonds. The van der Waals surface area contributed by atoms with Gasteiger partial charge in [-0.25, -0.2) is 0 Å². The van der Waals surface area contributed by atoms with E-state index >= 15 is 0 Å². The normalized spacial score (nSPS) is 10.1. The van der Waals surface area contributed by atoms with Gasteiger partial charge in [-0.3, -0.25) is 9.59 Å². The van der Waals surface area contributed by atoms with Crippen LogP contribution in [-0.4, -0.2) is 37.2 Å². The van der Waals surface area contributed by atoms with Crippen LogP contribution in [0.25, 0.3) is 0 Å². The van der Waals surface area contributed by atoms with Gasteiger partial charge in [0.05, 0.1) is 0 Å². The van der Waals surface area contributed by atoms with Crippen molar-refractivity contribution in [3.05, 3.63) is 30.3 Å². The molecule has 0 aliphatic heterocycles. The number of hydrogen-bond acceptors (Lipinski definition) is 3. The Labute approximate surface area is 106 Å². The van der Waals surface area contributed by atoms with Crippen LogP contribution < -0.4 is 4.90 Å². The zero-order chi connectivity index (χ0) is 13.4. The van der Waals surface area contributed by atoms with Crippen LogP contribution >= 0.6 is 0 Å². The largest absolute Gasteiger partial charge is 0.481 e. The molecule has 0 fully saturated rings. The van der Waals surface area contributed by atoms with Gasteiger partial charge in [-0.15, -0.1) is 0 Å². The van der Waals surface area contributed by atoms with E-state index < -0.39 is 5.97 Å². The molecule has 0 atom stereocenters. The first-order valence-corrected chi connectivity index (χ1v) is 5.71. The maximum Gasteiger partial charge on any atom is 0.303 e. The maximum atomic E-state index is 11.9. The molecule has 0 bridgehead atoms. The van der Waals surface area contributed by atoms with E-state index in [4.69, 9.17) is 9.84 Å². The van der Waals surface area contributed by atoms with Gasteiger partial charge in [-0.2, -0.15) is 0 Å². The van der Waals surface area contributed by atoms with Crippen LogP contribution in [0, 0.1) is 0 Å². The van der Waals surface area contributed by atoms with Gasteiger partial charge in [0.2, 0.25) is 0 Å². The number of carbonyl (C=O) groups is 2. The van der Waals surface area contributed by atoms with Crippen LogP contribution in [0.1, 0.15) is 12.8 Å². The Morgan fingerprint density at radius 2 is 1.94 bits per heavy atom. The highest BCUT2D eigenvalue weighted by molar-refractivity contribution is 5.94. The van der Waals surface area contributed by atoms with Crippen LogP contribution in [0.2, 0.25) is 0 Å². The predicted octanol–water partition coefficient (Wildman–Crippen LogP) is 1.53. The Balaban J connectivity index is 2.69. The van der Waals surface area contributed by atoms with Crippen molar-refractivity contribution in [2.75, 3.05) is 25.2 Å². The lowest BCUT2D eigenvalue weighted by molar-refractivity contribution is -0.137. The van der Waals surface area contributed by atoms with E-state index in [1.54, 1.807) is 4.90 Å². The van der Waals surface area contributed by atoms with E-state index in [0.717, 1.165) is 5.69 Å². The van der Waals surface area contributed by atoms with Crippen molar-refractivity contribution >= 4 is 17.6 Å². The number of amides is 1. The molecule has 1 N–H and O–H groups in total. The molecule has 1 aromatic carbocycles. The molecular formula is C13H17NO4. The molecule has 5 heteroatoms. The number of nitrogens with zero attached hydrogens (tertiary/aromatic N) is 1. The highest BCUT2D eigenvalue weighted by atomic mass is 16.5. The first-order valence-electron chi connectivity index (χ1n) is 5.71. The standard InChI is InChI=1S/C13H17NO4/c1-18-10-12(15)14(9-5-8-13(16)17)11-6-3-2-4-7-11/h2-4,6-7H,5,8-10H2,1H3,(H,16,17). The monoisotopic (exact) mass is 251 g/mol. The molecule has 0 saturated carbocycles. The van der Waals surface area contributed by atoms with Gasteiger partial charge in [0.1, 0.15) is 6.61 Å². The fourth-order valence-electron chi connectivity index (χ4n) is 1.60. The molecule has 18 heavy (non-hydrogen) atoms. The van der Waals surface area contributed by atoms with Crippen molar-refractivity contribution in [3.63, 3.8) is 0 Å². The van der Waals surface area contributed by atoms with Gasteiger partial charge in [0, 0.05) is 25.8 Å². The number of rotatable bonds is 7. The van der Waals surface area contributed by atoms with Crippen LogP contribution in [-0.2, 0) is 14.3 Å². The average Bonchev–Trinajstić information content (AvgIpc) is 2.35. The van der Waals surface area contributed by atoms with Crippen LogP contribution in [0.3, 0.4) is 0 Å². The van der Waals surface area contributed by atoms with Crippen molar-refractivity contribution in [3.8, 4) is 0 Å². The van der Waals surface area contributed by atoms with Crippen LogP contribution in [0.5, 0.6) is 0 Å². The minimum Gasteiger partial charge on any atom is -0.481 e. The summed E-state index contributed by atoms with van der Waals surface area (Å²) in [5.41, 5.74) is 0.755. The highest BCUT2D eigenvalue weighted by Gasteiger charge is 2.15. The molecule has 0 radical (unpaired) electrons. The lowest BCUT2D eigenvalue weighted by Gasteiger charge is -2.22. The number of ether oxygens (including phenoxy) is 1. The van der Waals surface area contributed by atoms with E-state index in [0.29, 0.717) is 13.0 Å². The summed E-state index contributed by atoms with van der Waals surface area (Å²) < 4.78 is 4.83. The third-order valence-corrected chi connectivity index (χ3v) is 2.41. The Morgan fingerprint density at radius 1 is 1.28 bits per heavy atom. The Bertz CT molecular complexity index is 391. The second-order valence-corrected chi connectivity index (χ2v) is 3.81. The molecule has 5 nitrogen and oxygen atoms in total. The molecule has 1 rings (SSSR count). The second kappa shape index (κ2) is 7.45. The summed E-state index contributed by atoms with van der Waals surface area (Å²) in [7, 11) is 1.46. The zero-order valence-electron chi connectivity index (χ0n) is 10.3. The number of hydrogen-bond donors (Lipinski definition) is 1. The topological polar surface area (TPSA) is 66.8 Å². The summed E-state index contributed by atoms with van der Waals surface area (Å²) in [5, 5.41) is 8.61. The number of methoxy groups -OCH3 is 1. The predicted molar refractivity (Wildman–Crippen MR) is 67.5 cm³/mol. The number of benzene rings is 1. The number of para-hydroxylation sites is 1. The second-order valence-electron chi connectivity index (χ2n) is 3.81. The van der Waals surface area contributed by atoms with Crippen molar-refractivity contribution in [1.82, 2.24) is 0 Å². The summed E-state index contributed by atoms with van der Waals surface area (Å²) >= 11 is 0. The lowest BCUT2D eigenvalue weighted by atomic mass is 10.2. The maximum absolute atomic E-state index is 11.9. The molecule has 1 aromatic rings. The summed E-state index contributed by atoms with van der Waals surface area (Å²) in [6, 6.07) is 9.15. The van der Waals surface area contributed by atoms with Crippen molar-refractivity contribution < 1.29 is 19.4 Å². The summed E-state index contributed by atoms with van der Waals surface area (Å²) in [5.74, 6) is -1.03. The average molecular weight is 251 g/mol. The quantitative estimate of drug-likeness (QED) is 0.798. The Morgan fingerprint density at radius 3 is 2.50 bits per heavy atom. The fraction of sp³-hybridized carbons (Fsp3) is 0.385. The molecule has 0 aliphatic rings. The summed E-state index contributed by atoms with van der Waals surface area (Å²) in [6.45, 7) is 0.362. The van der Waals surface area contributed by atoms with E-state index in [9.17, 15) is 9.59 Å². The number of aliphatic carboxylic acids is 1. The van der Waals surface area contributed by atoms with Gasteiger partial charge in [-0.05, 0) is 18.6 Å². The third-order valence-electron chi connectivity index (χ3n) is 2.41. The number of carboxylic acids is 1. The fourth-order valence-corrected chi connectivity index (χ4v) is 1.60. The molecule has 0 unspecified atom stereocenters. The number of carboxylic acid groups (broad SMARTS) is 1. The van der Waals surface area contributed by atoms with Gasteiger partial charge >= 0.3 is 5.97 Å². The molecule has 0 heterocycles. The van der Waals surface area contributed by atoms with Gasteiger partial charge < -0.3 is 14.7 Å². The van der Waals surface area contributed by atoms with Crippen molar-refractivity contribution in [2.45, 2.75) is 12.8 Å². The van der Waals surface area contributed by atoms with E-state index in [-0.39, 0.29) is 18.9 Å². The number of anilines is 1. The van der Waals surface area contributed by atoms with Crippen LogP contribution in [0.4, 0.5) is 5.69 Å². The third kappa shape index (κ3) is 4.55. The molecular weight excluding hydrogens is 234 g/mol. The van der Waals surface area contributed by atoms with Gasteiger partial charge in [-0.1, -0.05) is 18.2 Å². The Hall–Kier alpha value is -1.88. The van der Waals surface area contributed by atoms with Gasteiger partial charge in [0.15, 0.2) is 0 Å². The van der Waals surface area contributed by atoms with Crippen molar-refractivity contribution in [2.24, 2.45) is 0 Å². The zero-order valence-corrected chi connectivity index (χ0v) is 10.3. The molecule has 0 spiro atoms. The smallest absolute Gasteiger partial charge is 0.303 e. The first-order chi connectivity index (χ1) is 8.65. The first kappa shape index (κ1) is 14.2. The summed E-state index contributed by atoms with van der Waals surface area (Å²) in [4.78, 5) is 23.9. The molecule has 0 aromatic heterocycles. The summed E-state index contributed by atoms with van der Waals surface area (Å²) in [6.07, 6.45) is 0.462. The van der Waals surface area contributed by atoms with E-state index in [2.05, 4.69) is 0 Å². The lowest BCUT2D eigenvalue weighted by Crippen LogP contribution is -2.34. The minimum absolute atomic E-state index is 0.0119.